The average molecular weight is 223 g/mol. The van der Waals surface area contributed by atoms with Gasteiger partial charge in [0.05, 0.1) is 13.4 Å². The van der Waals surface area contributed by atoms with Crippen molar-refractivity contribution in [2.75, 3.05) is 7.11 Å². The number of ether oxygens (including phenoxy) is 1. The van der Waals surface area contributed by atoms with Gasteiger partial charge in [-0.2, -0.15) is 4.37 Å². The zero-order valence-corrected chi connectivity index (χ0v) is 9.11. The van der Waals surface area contributed by atoms with Gasteiger partial charge in [0.1, 0.15) is 10.6 Å². The van der Waals surface area contributed by atoms with Crippen LogP contribution in [0.5, 0.6) is 5.88 Å². The third kappa shape index (κ3) is 1.89. The number of hydrogen-bond acceptors (Lipinski definition) is 5. The summed E-state index contributed by atoms with van der Waals surface area (Å²) in [6.07, 6.45) is 3.26. The van der Waals surface area contributed by atoms with Crippen LogP contribution in [-0.2, 0) is 7.05 Å². The molecule has 2 aromatic rings. The summed E-state index contributed by atoms with van der Waals surface area (Å²) < 4.78 is 10.6. The van der Waals surface area contributed by atoms with Crippen molar-refractivity contribution < 1.29 is 9.53 Å². The molecule has 0 aromatic carbocycles. The number of rotatable bonds is 3. The second-order valence-corrected chi connectivity index (χ2v) is 3.79. The second-order valence-electron chi connectivity index (χ2n) is 2.99. The summed E-state index contributed by atoms with van der Waals surface area (Å²) in [4.78, 5) is 16.3. The molecular formula is C9H9N3O2S. The summed E-state index contributed by atoms with van der Waals surface area (Å²) in [6, 6.07) is 1.61. The van der Waals surface area contributed by atoms with E-state index in [1.165, 1.54) is 7.11 Å². The second kappa shape index (κ2) is 3.82. The van der Waals surface area contributed by atoms with Crippen molar-refractivity contribution in [3.63, 3.8) is 0 Å². The van der Waals surface area contributed by atoms with Crippen LogP contribution in [0.1, 0.15) is 15.4 Å². The molecule has 0 aliphatic carbocycles. The Kier molecular flexibility index (Phi) is 2.51. The number of aryl methyl sites for hydroxylation is 1. The Bertz CT molecular complexity index is 489. The van der Waals surface area contributed by atoms with Gasteiger partial charge in [0.15, 0.2) is 0 Å². The summed E-state index contributed by atoms with van der Waals surface area (Å²) in [7, 11) is 3.33. The summed E-state index contributed by atoms with van der Waals surface area (Å²) in [6.45, 7) is 0. The average Bonchev–Trinajstić information content (AvgIpc) is 2.84. The topological polar surface area (TPSA) is 57.0 Å². The number of ketones is 1. The number of imidazole rings is 1. The first-order chi connectivity index (χ1) is 7.20. The molecule has 78 valence electrons. The molecule has 0 aliphatic rings. The number of nitrogens with zero attached hydrogens (tertiary/aromatic N) is 3. The molecular weight excluding hydrogens is 214 g/mol. The van der Waals surface area contributed by atoms with Crippen molar-refractivity contribution in [1.82, 2.24) is 13.9 Å². The Morgan fingerprint density at radius 2 is 2.40 bits per heavy atom. The Labute approximate surface area is 90.5 Å². The summed E-state index contributed by atoms with van der Waals surface area (Å²) >= 11 is 1.11. The number of methoxy groups -OCH3 is 1. The lowest BCUT2D eigenvalue weighted by Crippen LogP contribution is -1.98. The van der Waals surface area contributed by atoms with Crippen LogP contribution >= 0.6 is 11.5 Å². The quantitative estimate of drug-likeness (QED) is 0.731. The van der Waals surface area contributed by atoms with Crippen LogP contribution in [0.15, 0.2) is 18.6 Å². The van der Waals surface area contributed by atoms with Gasteiger partial charge in [-0.05, 0) is 11.5 Å². The molecule has 0 unspecified atom stereocenters. The molecule has 2 aromatic heterocycles. The largest absolute Gasteiger partial charge is 0.480 e. The molecule has 0 aliphatic heterocycles. The first-order valence-corrected chi connectivity index (χ1v) is 5.01. The van der Waals surface area contributed by atoms with Gasteiger partial charge >= 0.3 is 0 Å². The van der Waals surface area contributed by atoms with E-state index in [9.17, 15) is 4.79 Å². The fraction of sp³-hybridized carbons (Fsp3) is 0.222. The minimum absolute atomic E-state index is 0.128. The third-order valence-electron chi connectivity index (χ3n) is 1.86. The van der Waals surface area contributed by atoms with Crippen molar-refractivity contribution in [3.8, 4) is 5.88 Å². The number of carbonyl (C=O) groups is 1. The molecule has 2 rings (SSSR count). The monoisotopic (exact) mass is 223 g/mol. The Morgan fingerprint density at radius 1 is 1.60 bits per heavy atom. The summed E-state index contributed by atoms with van der Waals surface area (Å²) in [5.41, 5.74) is 0.420. The molecule has 0 radical (unpaired) electrons. The Hall–Kier alpha value is -1.69. The molecule has 0 atom stereocenters. The normalized spacial score (nSPS) is 10.3. The molecule has 5 nitrogen and oxygen atoms in total. The van der Waals surface area contributed by atoms with Crippen LogP contribution in [0.4, 0.5) is 0 Å². The highest BCUT2D eigenvalue weighted by Crippen LogP contribution is 2.18. The van der Waals surface area contributed by atoms with Gasteiger partial charge in [0.25, 0.3) is 0 Å². The van der Waals surface area contributed by atoms with Crippen LogP contribution in [0.2, 0.25) is 0 Å². The lowest BCUT2D eigenvalue weighted by atomic mass is 10.2. The van der Waals surface area contributed by atoms with Crippen LogP contribution in [0.3, 0.4) is 0 Å². The highest BCUT2D eigenvalue weighted by atomic mass is 32.1. The standard InChI is InChI=1S/C9H9N3O2S/c1-12-4-6(10-5-12)9(13)7-3-8(14-2)11-15-7/h3-5H,1-2H3. The summed E-state index contributed by atoms with van der Waals surface area (Å²) in [5.74, 6) is 0.329. The molecule has 0 saturated heterocycles. The van der Waals surface area contributed by atoms with Gasteiger partial charge in [-0.25, -0.2) is 4.98 Å². The molecule has 15 heavy (non-hydrogen) atoms. The Balaban J connectivity index is 2.28. The van der Waals surface area contributed by atoms with Crippen LogP contribution in [-0.4, -0.2) is 26.8 Å². The maximum Gasteiger partial charge on any atom is 0.225 e. The van der Waals surface area contributed by atoms with Crippen molar-refractivity contribution in [2.24, 2.45) is 7.05 Å². The van der Waals surface area contributed by atoms with Gasteiger partial charge in [-0.3, -0.25) is 4.79 Å². The van der Waals surface area contributed by atoms with E-state index >= 15 is 0 Å². The lowest BCUT2D eigenvalue weighted by Gasteiger charge is -1.89. The first kappa shape index (κ1) is 9.85. The predicted octanol–water partition coefficient (Wildman–Crippen LogP) is 1.12. The Morgan fingerprint density at radius 3 is 2.93 bits per heavy atom. The number of hydrogen-bond donors (Lipinski definition) is 0. The molecule has 2 heterocycles. The zero-order chi connectivity index (χ0) is 10.8. The van der Waals surface area contributed by atoms with E-state index in [0.717, 1.165) is 11.5 Å². The van der Waals surface area contributed by atoms with Crippen LogP contribution in [0.25, 0.3) is 0 Å². The van der Waals surface area contributed by atoms with Crippen molar-refractivity contribution in [1.29, 1.82) is 0 Å². The van der Waals surface area contributed by atoms with E-state index in [-0.39, 0.29) is 5.78 Å². The predicted molar refractivity (Wildman–Crippen MR) is 55.3 cm³/mol. The fourth-order valence-corrected chi connectivity index (χ4v) is 1.78. The zero-order valence-electron chi connectivity index (χ0n) is 8.30. The smallest absolute Gasteiger partial charge is 0.225 e. The van der Waals surface area contributed by atoms with Gasteiger partial charge in [0.2, 0.25) is 11.7 Å². The third-order valence-corrected chi connectivity index (χ3v) is 2.63. The van der Waals surface area contributed by atoms with Gasteiger partial charge < -0.3 is 9.30 Å². The van der Waals surface area contributed by atoms with Crippen LogP contribution < -0.4 is 4.74 Å². The molecule has 0 spiro atoms. The van der Waals surface area contributed by atoms with Crippen molar-refractivity contribution >= 4 is 17.3 Å². The molecule has 0 N–H and O–H groups in total. The highest BCUT2D eigenvalue weighted by Gasteiger charge is 2.15. The van der Waals surface area contributed by atoms with E-state index in [1.807, 2.05) is 7.05 Å². The molecule has 0 fully saturated rings. The first-order valence-electron chi connectivity index (χ1n) is 4.24. The molecule has 6 heteroatoms. The minimum Gasteiger partial charge on any atom is -0.480 e. The number of carbonyl (C=O) groups excluding carboxylic acids is 1. The van der Waals surface area contributed by atoms with E-state index < -0.39 is 0 Å². The van der Waals surface area contributed by atoms with E-state index in [2.05, 4.69) is 9.36 Å². The SMILES string of the molecule is COc1cc(C(=O)c2cn(C)cn2)sn1. The van der Waals surface area contributed by atoms with Crippen LogP contribution in [0, 0.1) is 0 Å². The maximum atomic E-state index is 11.8. The lowest BCUT2D eigenvalue weighted by molar-refractivity contribution is 0.103. The van der Waals surface area contributed by atoms with E-state index in [0.29, 0.717) is 16.5 Å². The number of aromatic nitrogens is 3. The molecule has 0 amide bonds. The summed E-state index contributed by atoms with van der Waals surface area (Å²) in [5, 5.41) is 0. The van der Waals surface area contributed by atoms with E-state index in [4.69, 9.17) is 4.74 Å². The van der Waals surface area contributed by atoms with Gasteiger partial charge in [0, 0.05) is 19.3 Å². The minimum atomic E-state index is -0.128. The van der Waals surface area contributed by atoms with E-state index in [1.54, 1.807) is 23.2 Å². The maximum absolute atomic E-state index is 11.8. The fourth-order valence-electron chi connectivity index (χ4n) is 1.12. The molecule has 0 saturated carbocycles. The van der Waals surface area contributed by atoms with Crippen molar-refractivity contribution in [2.45, 2.75) is 0 Å². The highest BCUT2D eigenvalue weighted by molar-refractivity contribution is 7.08. The van der Waals surface area contributed by atoms with Crippen molar-refractivity contribution in [3.05, 3.63) is 29.2 Å². The van der Waals surface area contributed by atoms with Gasteiger partial charge in [-0.15, -0.1) is 0 Å². The van der Waals surface area contributed by atoms with Gasteiger partial charge in [-0.1, -0.05) is 0 Å². The molecule has 0 bridgehead atoms.